The lowest BCUT2D eigenvalue weighted by molar-refractivity contribution is -0.113. The van der Waals surface area contributed by atoms with E-state index in [1.54, 1.807) is 0 Å². The van der Waals surface area contributed by atoms with Crippen LogP contribution in [0, 0.1) is 0 Å². The predicted octanol–water partition coefficient (Wildman–Crippen LogP) is 1.05. The van der Waals surface area contributed by atoms with Gasteiger partial charge in [-0.25, -0.2) is 0 Å². The molecule has 0 radical (unpaired) electrons. The maximum Gasteiger partial charge on any atom is 0.174 e. The third kappa shape index (κ3) is 1.63. The van der Waals surface area contributed by atoms with E-state index in [1.807, 2.05) is 20.0 Å². The molecule has 0 aliphatic carbocycles. The van der Waals surface area contributed by atoms with Gasteiger partial charge in [-0.15, -0.1) is 11.6 Å². The number of Topliss-reactive ketones (excluding diaryl/α,β-unsaturated/α-hetero) is 1. The van der Waals surface area contributed by atoms with Crippen molar-refractivity contribution >= 4 is 17.4 Å². The molecule has 0 N–H and O–H groups in total. The fourth-order valence-corrected chi connectivity index (χ4v) is 1.39. The maximum absolute atomic E-state index is 11.1. The molecule has 1 aliphatic heterocycles. The normalized spacial score (nSPS) is 25.4. The first-order valence-corrected chi connectivity index (χ1v) is 4.19. The van der Waals surface area contributed by atoms with Crippen molar-refractivity contribution in [2.45, 2.75) is 13.0 Å². The van der Waals surface area contributed by atoms with Gasteiger partial charge in [-0.05, 0) is 14.0 Å². The second-order valence-electron chi connectivity index (χ2n) is 2.83. The minimum atomic E-state index is 0.0588. The Morgan fingerprint density at radius 2 is 2.55 bits per heavy atom. The summed E-state index contributed by atoms with van der Waals surface area (Å²) in [6, 6.07) is 0.237. The fourth-order valence-electron chi connectivity index (χ4n) is 1.23. The molecular formula is C8H12ClNO. The lowest BCUT2D eigenvalue weighted by atomic mass is 10.1. The van der Waals surface area contributed by atoms with E-state index < -0.39 is 0 Å². The van der Waals surface area contributed by atoms with Gasteiger partial charge in [0.1, 0.15) is 0 Å². The molecule has 0 unspecified atom stereocenters. The number of nitrogens with zero attached hydrogens (tertiary/aromatic N) is 1. The largest absolute Gasteiger partial charge is 0.296 e. The van der Waals surface area contributed by atoms with Crippen LogP contribution in [-0.2, 0) is 4.79 Å². The zero-order valence-corrected chi connectivity index (χ0v) is 7.56. The van der Waals surface area contributed by atoms with Gasteiger partial charge in [0.15, 0.2) is 5.78 Å². The second kappa shape index (κ2) is 3.37. The molecule has 2 nitrogen and oxygen atoms in total. The molecule has 1 rings (SSSR count). The lowest BCUT2D eigenvalue weighted by Crippen LogP contribution is -2.27. The quantitative estimate of drug-likeness (QED) is 0.582. The van der Waals surface area contributed by atoms with Gasteiger partial charge in [0.2, 0.25) is 0 Å². The molecule has 11 heavy (non-hydrogen) atoms. The smallest absolute Gasteiger partial charge is 0.174 e. The molecular weight excluding hydrogens is 162 g/mol. The first-order chi connectivity index (χ1) is 5.16. The lowest BCUT2D eigenvalue weighted by Gasteiger charge is -2.16. The number of rotatable bonds is 2. The van der Waals surface area contributed by atoms with E-state index in [0.29, 0.717) is 0 Å². The van der Waals surface area contributed by atoms with Gasteiger partial charge in [0.05, 0.1) is 5.88 Å². The monoisotopic (exact) mass is 173 g/mol. The summed E-state index contributed by atoms with van der Waals surface area (Å²) in [5.41, 5.74) is 0.863. The van der Waals surface area contributed by atoms with Crippen molar-refractivity contribution in [3.63, 3.8) is 0 Å². The summed E-state index contributed by atoms with van der Waals surface area (Å²) >= 11 is 5.44. The first-order valence-electron chi connectivity index (χ1n) is 3.66. The van der Waals surface area contributed by atoms with Crippen LogP contribution in [0.15, 0.2) is 11.6 Å². The van der Waals surface area contributed by atoms with Gasteiger partial charge in [0.25, 0.3) is 0 Å². The molecule has 1 aliphatic rings. The third-order valence-electron chi connectivity index (χ3n) is 2.15. The van der Waals surface area contributed by atoms with Gasteiger partial charge in [-0.1, -0.05) is 6.08 Å². The van der Waals surface area contributed by atoms with Crippen LogP contribution in [0.2, 0.25) is 0 Å². The summed E-state index contributed by atoms with van der Waals surface area (Å²) in [6.07, 6.45) is 1.95. The van der Waals surface area contributed by atoms with Crippen molar-refractivity contribution in [1.82, 2.24) is 4.90 Å². The molecule has 0 aromatic carbocycles. The highest BCUT2D eigenvalue weighted by Gasteiger charge is 2.23. The highest BCUT2D eigenvalue weighted by Crippen LogP contribution is 2.16. The Bertz CT molecular complexity index is 200. The van der Waals surface area contributed by atoms with Crippen LogP contribution in [0.4, 0.5) is 0 Å². The minimum Gasteiger partial charge on any atom is -0.296 e. The number of likely N-dealkylation sites (N-methyl/N-ethyl adjacent to an activating group) is 1. The van der Waals surface area contributed by atoms with Crippen molar-refractivity contribution < 1.29 is 4.79 Å². The van der Waals surface area contributed by atoms with Crippen LogP contribution in [0.5, 0.6) is 0 Å². The zero-order valence-electron chi connectivity index (χ0n) is 6.80. The van der Waals surface area contributed by atoms with Crippen LogP contribution >= 0.6 is 11.6 Å². The van der Waals surface area contributed by atoms with Gasteiger partial charge in [-0.2, -0.15) is 0 Å². The second-order valence-corrected chi connectivity index (χ2v) is 3.10. The van der Waals surface area contributed by atoms with Crippen LogP contribution < -0.4 is 0 Å². The van der Waals surface area contributed by atoms with E-state index in [4.69, 9.17) is 11.6 Å². The molecule has 3 heteroatoms. The summed E-state index contributed by atoms with van der Waals surface area (Å²) < 4.78 is 0. The average Bonchev–Trinajstić information content (AvgIpc) is 2.32. The number of carbonyl (C=O) groups excluding carboxylic acids is 1. The predicted molar refractivity (Wildman–Crippen MR) is 45.9 cm³/mol. The Morgan fingerprint density at radius 3 is 2.91 bits per heavy atom. The average molecular weight is 174 g/mol. The SMILES string of the molecule is C[C@H]1C(C(=O)CCl)=CCN1C. The molecule has 0 aromatic rings. The molecule has 0 amide bonds. The highest BCUT2D eigenvalue weighted by atomic mass is 35.5. The molecule has 0 saturated carbocycles. The van der Waals surface area contributed by atoms with E-state index in [1.165, 1.54) is 0 Å². The van der Waals surface area contributed by atoms with Gasteiger partial charge in [-0.3, -0.25) is 9.69 Å². The molecule has 1 atom stereocenters. The number of hydrogen-bond donors (Lipinski definition) is 0. The summed E-state index contributed by atoms with van der Waals surface area (Å²) in [7, 11) is 2.00. The van der Waals surface area contributed by atoms with Gasteiger partial charge in [0, 0.05) is 18.2 Å². The summed E-state index contributed by atoms with van der Waals surface area (Å²) in [5.74, 6) is 0.160. The van der Waals surface area contributed by atoms with Crippen molar-refractivity contribution in [2.24, 2.45) is 0 Å². The Hall–Kier alpha value is -0.340. The number of halogens is 1. The third-order valence-corrected chi connectivity index (χ3v) is 2.40. The van der Waals surface area contributed by atoms with E-state index in [0.717, 1.165) is 12.1 Å². The molecule has 62 valence electrons. The number of hydrogen-bond acceptors (Lipinski definition) is 2. The number of ketones is 1. The fraction of sp³-hybridized carbons (Fsp3) is 0.625. The zero-order chi connectivity index (χ0) is 8.43. The van der Waals surface area contributed by atoms with Crippen molar-refractivity contribution in [2.75, 3.05) is 19.5 Å². The standard InChI is InChI=1S/C8H12ClNO/c1-6-7(8(11)5-9)3-4-10(6)2/h3,6H,4-5H2,1-2H3/t6-/m0/s1. The first kappa shape index (κ1) is 8.75. The van der Waals surface area contributed by atoms with E-state index >= 15 is 0 Å². The Labute approximate surface area is 71.8 Å². The van der Waals surface area contributed by atoms with Crippen LogP contribution in [0.3, 0.4) is 0 Å². The molecule has 0 aromatic heterocycles. The van der Waals surface area contributed by atoms with Crippen LogP contribution in [0.1, 0.15) is 6.92 Å². The van der Waals surface area contributed by atoms with E-state index in [2.05, 4.69) is 4.90 Å². The molecule has 0 bridgehead atoms. The van der Waals surface area contributed by atoms with Crippen molar-refractivity contribution in [3.8, 4) is 0 Å². The Balaban J connectivity index is 2.67. The van der Waals surface area contributed by atoms with Crippen molar-refractivity contribution in [3.05, 3.63) is 11.6 Å². The molecule has 1 heterocycles. The van der Waals surface area contributed by atoms with Gasteiger partial charge >= 0.3 is 0 Å². The topological polar surface area (TPSA) is 20.3 Å². The van der Waals surface area contributed by atoms with Crippen molar-refractivity contribution in [1.29, 1.82) is 0 Å². The molecule has 0 spiro atoms. The Kier molecular flexibility index (Phi) is 2.68. The summed E-state index contributed by atoms with van der Waals surface area (Å²) in [5, 5.41) is 0. The molecule has 0 fully saturated rings. The molecule has 0 saturated heterocycles. The highest BCUT2D eigenvalue weighted by molar-refractivity contribution is 6.30. The van der Waals surface area contributed by atoms with E-state index in [9.17, 15) is 4.79 Å². The maximum atomic E-state index is 11.1. The van der Waals surface area contributed by atoms with Crippen LogP contribution in [-0.4, -0.2) is 36.2 Å². The van der Waals surface area contributed by atoms with E-state index in [-0.39, 0.29) is 17.7 Å². The summed E-state index contributed by atoms with van der Waals surface area (Å²) in [4.78, 5) is 13.3. The Morgan fingerprint density at radius 1 is 1.91 bits per heavy atom. The summed E-state index contributed by atoms with van der Waals surface area (Å²) in [6.45, 7) is 2.88. The van der Waals surface area contributed by atoms with Crippen LogP contribution in [0.25, 0.3) is 0 Å². The minimum absolute atomic E-state index is 0.0588. The number of alkyl halides is 1. The number of carbonyl (C=O) groups is 1. The van der Waals surface area contributed by atoms with Gasteiger partial charge < -0.3 is 0 Å².